The summed E-state index contributed by atoms with van der Waals surface area (Å²) < 4.78 is 31.7. The van der Waals surface area contributed by atoms with Gasteiger partial charge in [0.05, 0.1) is 6.61 Å². The van der Waals surface area contributed by atoms with Gasteiger partial charge in [0.1, 0.15) is 6.04 Å². The molecule has 0 spiro atoms. The summed E-state index contributed by atoms with van der Waals surface area (Å²) in [6.45, 7) is -0.295. The van der Waals surface area contributed by atoms with Crippen LogP contribution in [-0.4, -0.2) is 59.9 Å². The second-order valence-electron chi connectivity index (χ2n) is 2.82. The number of alkyl halides is 3. The van der Waals surface area contributed by atoms with E-state index in [1.165, 1.54) is 4.90 Å². The molecule has 0 saturated carbocycles. The first-order chi connectivity index (χ1) is 7.03. The van der Waals surface area contributed by atoms with Gasteiger partial charge in [-0.1, -0.05) is 0 Å². The summed E-state index contributed by atoms with van der Waals surface area (Å²) in [6.07, 6.45) is -5.08. The van der Waals surface area contributed by atoms with E-state index in [4.69, 9.17) is 20.7 Å². The van der Waals surface area contributed by atoms with Crippen molar-refractivity contribution in [2.45, 2.75) is 12.2 Å². The Morgan fingerprint density at radius 3 is 1.75 bits per heavy atom. The van der Waals surface area contributed by atoms with Crippen LogP contribution in [0.25, 0.3) is 0 Å². The van der Waals surface area contributed by atoms with Crippen molar-refractivity contribution in [1.82, 2.24) is 4.90 Å². The lowest BCUT2D eigenvalue weighted by atomic mass is 10.3. The van der Waals surface area contributed by atoms with Gasteiger partial charge in [-0.25, -0.2) is 4.79 Å². The standard InChI is InChI=1S/C5H12N2O2.C2HF3O2/c1-7(2)5(9)4(6)3-8;3-2(4,5)1(6)7/h4,8H,3,6H2,1-2H3;(H,6,7)/t4-;/m0./s1. The van der Waals surface area contributed by atoms with Gasteiger partial charge in [-0.05, 0) is 0 Å². The normalized spacial score (nSPS) is 12.2. The molecule has 0 aliphatic carbocycles. The number of halogens is 3. The molecule has 0 aromatic carbocycles. The van der Waals surface area contributed by atoms with Crippen molar-refractivity contribution in [3.63, 3.8) is 0 Å². The minimum atomic E-state index is -5.08. The largest absolute Gasteiger partial charge is 0.490 e. The van der Waals surface area contributed by atoms with E-state index in [-0.39, 0.29) is 12.5 Å². The molecular weight excluding hydrogens is 233 g/mol. The number of carbonyl (C=O) groups excluding carboxylic acids is 1. The number of nitrogens with two attached hydrogens (primary N) is 1. The number of nitrogens with zero attached hydrogens (tertiary/aromatic N) is 1. The fraction of sp³-hybridized carbons (Fsp3) is 0.714. The Morgan fingerprint density at radius 1 is 1.38 bits per heavy atom. The molecule has 0 fully saturated rings. The monoisotopic (exact) mass is 246 g/mol. The summed E-state index contributed by atoms with van der Waals surface area (Å²) >= 11 is 0. The lowest BCUT2D eigenvalue weighted by Crippen LogP contribution is -2.42. The lowest BCUT2D eigenvalue weighted by molar-refractivity contribution is -0.192. The Hall–Kier alpha value is -1.35. The number of hydrogen-bond acceptors (Lipinski definition) is 4. The summed E-state index contributed by atoms with van der Waals surface area (Å²) in [5.74, 6) is -3.01. The number of amides is 1. The van der Waals surface area contributed by atoms with Gasteiger partial charge in [0, 0.05) is 14.1 Å². The minimum Gasteiger partial charge on any atom is -0.475 e. The third-order valence-electron chi connectivity index (χ3n) is 1.20. The van der Waals surface area contributed by atoms with Crippen molar-refractivity contribution in [1.29, 1.82) is 0 Å². The average molecular weight is 246 g/mol. The van der Waals surface area contributed by atoms with Crippen LogP contribution >= 0.6 is 0 Å². The quantitative estimate of drug-likeness (QED) is 0.581. The van der Waals surface area contributed by atoms with E-state index in [2.05, 4.69) is 0 Å². The van der Waals surface area contributed by atoms with E-state index >= 15 is 0 Å². The number of carboxylic acid groups (broad SMARTS) is 1. The number of carbonyl (C=O) groups is 2. The smallest absolute Gasteiger partial charge is 0.475 e. The second kappa shape index (κ2) is 7.01. The highest BCUT2D eigenvalue weighted by Gasteiger charge is 2.38. The summed E-state index contributed by atoms with van der Waals surface area (Å²) in [4.78, 5) is 21.0. The number of likely N-dealkylation sites (N-methyl/N-ethyl adjacent to an activating group) is 1. The highest BCUT2D eigenvalue weighted by molar-refractivity contribution is 5.81. The van der Waals surface area contributed by atoms with Crippen LogP contribution in [0.3, 0.4) is 0 Å². The van der Waals surface area contributed by atoms with Crippen LogP contribution in [0, 0.1) is 0 Å². The van der Waals surface area contributed by atoms with Gasteiger partial charge in [-0.2, -0.15) is 13.2 Å². The molecule has 0 saturated heterocycles. The van der Waals surface area contributed by atoms with Crippen molar-refractivity contribution in [3.8, 4) is 0 Å². The SMILES string of the molecule is CN(C)C(=O)[C@@H](N)CO.O=C(O)C(F)(F)F. The van der Waals surface area contributed by atoms with E-state index in [0.29, 0.717) is 0 Å². The molecule has 6 nitrogen and oxygen atoms in total. The zero-order valence-corrected chi connectivity index (χ0v) is 8.65. The van der Waals surface area contributed by atoms with Crippen LogP contribution in [0.4, 0.5) is 13.2 Å². The van der Waals surface area contributed by atoms with Crippen molar-refractivity contribution in [3.05, 3.63) is 0 Å². The average Bonchev–Trinajstić information content (AvgIpc) is 2.14. The Balaban J connectivity index is 0. The van der Waals surface area contributed by atoms with Gasteiger partial charge in [0.15, 0.2) is 0 Å². The first kappa shape index (κ1) is 17.1. The van der Waals surface area contributed by atoms with E-state index < -0.39 is 18.2 Å². The number of rotatable bonds is 2. The van der Waals surface area contributed by atoms with Crippen LogP contribution in [0.1, 0.15) is 0 Å². The van der Waals surface area contributed by atoms with Crippen molar-refractivity contribution in [2.24, 2.45) is 5.73 Å². The molecule has 1 atom stereocenters. The predicted molar refractivity (Wildman–Crippen MR) is 47.4 cm³/mol. The lowest BCUT2D eigenvalue weighted by Gasteiger charge is -2.13. The highest BCUT2D eigenvalue weighted by atomic mass is 19.4. The molecular formula is C7H13F3N2O4. The molecule has 4 N–H and O–H groups in total. The van der Waals surface area contributed by atoms with Gasteiger partial charge < -0.3 is 20.8 Å². The Labute approximate surface area is 89.4 Å². The summed E-state index contributed by atoms with van der Waals surface area (Å²) in [5.41, 5.74) is 5.18. The maximum absolute atomic E-state index is 10.7. The van der Waals surface area contributed by atoms with Crippen LogP contribution in [0.2, 0.25) is 0 Å². The topological polar surface area (TPSA) is 104 Å². The van der Waals surface area contributed by atoms with Crippen LogP contribution in [0.5, 0.6) is 0 Å². The molecule has 96 valence electrons. The Kier molecular flexibility index (Phi) is 7.48. The van der Waals surface area contributed by atoms with E-state index in [0.717, 1.165) is 0 Å². The predicted octanol–water partition coefficient (Wildman–Crippen LogP) is -0.972. The summed E-state index contributed by atoms with van der Waals surface area (Å²) in [6, 6.07) is -0.764. The van der Waals surface area contributed by atoms with Gasteiger partial charge in [-0.15, -0.1) is 0 Å². The molecule has 1 amide bonds. The maximum atomic E-state index is 10.7. The number of hydrogen-bond donors (Lipinski definition) is 3. The summed E-state index contributed by atoms with van der Waals surface area (Å²) in [7, 11) is 3.19. The first-order valence-corrected chi connectivity index (χ1v) is 3.91. The molecule has 0 aromatic rings. The number of aliphatic hydroxyl groups is 1. The number of carboxylic acids is 1. The Morgan fingerprint density at radius 2 is 1.69 bits per heavy atom. The van der Waals surface area contributed by atoms with Crippen LogP contribution in [0.15, 0.2) is 0 Å². The third-order valence-corrected chi connectivity index (χ3v) is 1.20. The molecule has 0 aliphatic rings. The Bertz CT molecular complexity index is 242. The van der Waals surface area contributed by atoms with E-state index in [9.17, 15) is 18.0 Å². The van der Waals surface area contributed by atoms with Gasteiger partial charge in [0.25, 0.3) is 0 Å². The number of aliphatic hydroxyl groups excluding tert-OH is 1. The maximum Gasteiger partial charge on any atom is 0.490 e. The molecule has 0 aliphatic heterocycles. The molecule has 0 unspecified atom stereocenters. The van der Waals surface area contributed by atoms with E-state index in [1.54, 1.807) is 14.1 Å². The molecule has 0 heterocycles. The summed E-state index contributed by atoms with van der Waals surface area (Å²) in [5, 5.41) is 15.5. The highest BCUT2D eigenvalue weighted by Crippen LogP contribution is 2.13. The number of aliphatic carboxylic acids is 1. The van der Waals surface area contributed by atoms with Crippen LogP contribution in [-0.2, 0) is 9.59 Å². The molecule has 0 radical (unpaired) electrons. The molecule has 9 heteroatoms. The van der Waals surface area contributed by atoms with E-state index in [1.807, 2.05) is 0 Å². The fourth-order valence-corrected chi connectivity index (χ4v) is 0.410. The zero-order valence-electron chi connectivity index (χ0n) is 8.65. The fourth-order valence-electron chi connectivity index (χ4n) is 0.410. The van der Waals surface area contributed by atoms with Gasteiger partial charge in [0.2, 0.25) is 5.91 Å². The zero-order chi connectivity index (χ0) is 13.5. The molecule has 0 aromatic heterocycles. The van der Waals surface area contributed by atoms with Crippen molar-refractivity contribution in [2.75, 3.05) is 20.7 Å². The van der Waals surface area contributed by atoms with Gasteiger partial charge >= 0.3 is 12.1 Å². The molecule has 0 bridgehead atoms. The van der Waals surface area contributed by atoms with Gasteiger partial charge in [-0.3, -0.25) is 4.79 Å². The van der Waals surface area contributed by atoms with Crippen LogP contribution < -0.4 is 5.73 Å². The van der Waals surface area contributed by atoms with Crippen molar-refractivity contribution >= 4 is 11.9 Å². The second-order valence-corrected chi connectivity index (χ2v) is 2.82. The first-order valence-electron chi connectivity index (χ1n) is 3.91. The minimum absolute atomic E-state index is 0.252. The van der Waals surface area contributed by atoms with Crippen molar-refractivity contribution < 1.29 is 33.0 Å². The molecule has 0 rings (SSSR count). The third kappa shape index (κ3) is 8.00. The molecule has 16 heavy (non-hydrogen) atoms.